The average molecular weight is 473 g/mol. The average Bonchev–Trinajstić information content (AvgIpc) is 2.68. The van der Waals surface area contributed by atoms with Crippen LogP contribution in [-0.4, -0.2) is 79.9 Å². The molecule has 13 heteroatoms. The second-order valence-electron chi connectivity index (χ2n) is 6.93. The van der Waals surface area contributed by atoms with Crippen molar-refractivity contribution in [3.63, 3.8) is 0 Å². The Morgan fingerprint density at radius 3 is 2.00 bits per heavy atom. The molecule has 0 saturated carbocycles. The predicted molar refractivity (Wildman–Crippen MR) is 106 cm³/mol. The van der Waals surface area contributed by atoms with Crippen LogP contribution in [0.3, 0.4) is 0 Å². The molecule has 1 aliphatic rings. The van der Waals surface area contributed by atoms with Crippen molar-refractivity contribution in [3.8, 4) is 0 Å². The lowest BCUT2D eigenvalue weighted by atomic mass is 9.93. The minimum Gasteiger partial charge on any atom is -0.477 e. The Hall–Kier alpha value is -3.64. The third-order valence-corrected chi connectivity index (χ3v) is 4.11. The maximum atomic E-state index is 12.2. The first-order chi connectivity index (χ1) is 15.3. The zero-order chi connectivity index (χ0) is 25.3. The van der Waals surface area contributed by atoms with Crippen LogP contribution in [0.25, 0.3) is 0 Å². The Bertz CT molecular complexity index is 820. The first-order valence-electron chi connectivity index (χ1n) is 9.74. The van der Waals surface area contributed by atoms with Crippen molar-refractivity contribution in [1.29, 1.82) is 0 Å². The van der Waals surface area contributed by atoms with Crippen molar-refractivity contribution in [2.24, 2.45) is 0 Å². The molecule has 1 N–H and O–H groups in total. The lowest BCUT2D eigenvalue weighted by molar-refractivity contribution is -0.191. The first kappa shape index (κ1) is 27.4. The van der Waals surface area contributed by atoms with E-state index >= 15 is 0 Å². The highest BCUT2D eigenvalue weighted by Gasteiger charge is 2.49. The molecule has 13 nitrogen and oxygen atoms in total. The zero-order valence-electron chi connectivity index (χ0n) is 19.1. The smallest absolute Gasteiger partial charge is 0.373 e. The molecule has 0 aliphatic carbocycles. The summed E-state index contributed by atoms with van der Waals surface area (Å²) in [4.78, 5) is 70.6. The summed E-state index contributed by atoms with van der Waals surface area (Å²) < 4.78 is 30.9. The monoisotopic (exact) mass is 473 g/mol. The molecule has 33 heavy (non-hydrogen) atoms. The lowest BCUT2D eigenvalue weighted by Crippen LogP contribution is -2.62. The Morgan fingerprint density at radius 1 is 0.939 bits per heavy atom. The number of methoxy groups -OCH3 is 1. The van der Waals surface area contributed by atoms with Gasteiger partial charge in [-0.05, 0) is 0 Å². The highest BCUT2D eigenvalue weighted by Crippen LogP contribution is 2.28. The highest BCUT2D eigenvalue weighted by atomic mass is 16.6. The zero-order valence-corrected chi connectivity index (χ0v) is 19.1. The van der Waals surface area contributed by atoms with Gasteiger partial charge in [-0.2, -0.15) is 0 Å². The summed E-state index contributed by atoms with van der Waals surface area (Å²) in [6, 6.07) is -1.21. The van der Waals surface area contributed by atoms with Crippen LogP contribution >= 0.6 is 0 Å². The number of amides is 1. The Morgan fingerprint density at radius 2 is 1.55 bits per heavy atom. The van der Waals surface area contributed by atoms with Gasteiger partial charge in [0.05, 0.1) is 7.11 Å². The fourth-order valence-electron chi connectivity index (χ4n) is 3.04. The molecule has 0 aromatic heterocycles. The van der Waals surface area contributed by atoms with Crippen LogP contribution in [0, 0.1) is 0 Å². The summed E-state index contributed by atoms with van der Waals surface area (Å²) in [5, 5.41) is 2.51. The largest absolute Gasteiger partial charge is 0.477 e. The van der Waals surface area contributed by atoms with Gasteiger partial charge in [0, 0.05) is 40.7 Å². The van der Waals surface area contributed by atoms with Crippen LogP contribution < -0.4 is 5.32 Å². The second-order valence-corrected chi connectivity index (χ2v) is 6.93. The van der Waals surface area contributed by atoms with E-state index in [1.807, 2.05) is 0 Å². The third kappa shape index (κ3) is 8.79. The number of hydrogen-bond donors (Lipinski definition) is 1. The summed E-state index contributed by atoms with van der Waals surface area (Å²) in [5.74, 6) is -5.07. The van der Waals surface area contributed by atoms with Crippen molar-refractivity contribution < 1.29 is 57.2 Å². The second kappa shape index (κ2) is 12.4. The molecular formula is C20H27NO12. The van der Waals surface area contributed by atoms with Gasteiger partial charge in [0.15, 0.2) is 18.3 Å². The van der Waals surface area contributed by atoms with Crippen molar-refractivity contribution in [2.75, 3.05) is 13.7 Å². The van der Waals surface area contributed by atoms with Gasteiger partial charge in [-0.25, -0.2) is 4.79 Å². The Kier molecular flexibility index (Phi) is 10.3. The van der Waals surface area contributed by atoms with Crippen LogP contribution in [-0.2, 0) is 57.2 Å². The van der Waals surface area contributed by atoms with E-state index in [1.165, 1.54) is 6.92 Å². The van der Waals surface area contributed by atoms with E-state index in [9.17, 15) is 28.8 Å². The minimum absolute atomic E-state index is 0.415. The number of ether oxygens (including phenoxy) is 6. The summed E-state index contributed by atoms with van der Waals surface area (Å²) in [5.41, 5.74) is 0. The van der Waals surface area contributed by atoms with Crippen molar-refractivity contribution >= 4 is 35.8 Å². The molecule has 1 heterocycles. The van der Waals surface area contributed by atoms with E-state index < -0.39 is 78.6 Å². The van der Waals surface area contributed by atoms with Crippen molar-refractivity contribution in [2.45, 2.75) is 65.1 Å². The van der Waals surface area contributed by atoms with Gasteiger partial charge in [0.25, 0.3) is 0 Å². The van der Waals surface area contributed by atoms with Gasteiger partial charge in [-0.15, -0.1) is 0 Å². The van der Waals surface area contributed by atoms with Gasteiger partial charge in [0.2, 0.25) is 11.7 Å². The van der Waals surface area contributed by atoms with Crippen LogP contribution in [0.15, 0.2) is 11.8 Å². The predicted octanol–water partition coefficient (Wildman–Crippen LogP) is -0.695. The molecule has 1 unspecified atom stereocenters. The molecule has 5 atom stereocenters. The van der Waals surface area contributed by atoms with Crippen LogP contribution in [0.4, 0.5) is 0 Å². The molecule has 0 aromatic rings. The van der Waals surface area contributed by atoms with Crippen molar-refractivity contribution in [3.05, 3.63) is 11.8 Å². The number of carbonyl (C=O) groups is 6. The van der Waals surface area contributed by atoms with Gasteiger partial charge < -0.3 is 33.7 Å². The van der Waals surface area contributed by atoms with Crippen molar-refractivity contribution in [1.82, 2.24) is 5.32 Å². The molecule has 0 spiro atoms. The number of esters is 5. The Balaban J connectivity index is 3.58. The quantitative estimate of drug-likeness (QED) is 0.331. The van der Waals surface area contributed by atoms with E-state index in [0.717, 1.165) is 40.9 Å². The molecule has 0 bridgehead atoms. The van der Waals surface area contributed by atoms with Gasteiger partial charge in [0.1, 0.15) is 18.8 Å². The number of rotatable bonds is 9. The van der Waals surface area contributed by atoms with Gasteiger partial charge in [-0.1, -0.05) is 0 Å². The van der Waals surface area contributed by atoms with E-state index in [0.29, 0.717) is 0 Å². The number of hydrogen-bond acceptors (Lipinski definition) is 12. The summed E-state index contributed by atoms with van der Waals surface area (Å²) in [6.07, 6.45) is -4.52. The van der Waals surface area contributed by atoms with Gasteiger partial charge in [-0.3, -0.25) is 24.0 Å². The van der Waals surface area contributed by atoms with E-state index in [1.54, 1.807) is 0 Å². The number of carbonyl (C=O) groups excluding carboxylic acids is 6. The topological polar surface area (TPSA) is 170 Å². The van der Waals surface area contributed by atoms with E-state index in [-0.39, 0.29) is 0 Å². The maximum Gasteiger partial charge on any atom is 0.373 e. The molecule has 0 aromatic carbocycles. The van der Waals surface area contributed by atoms with Crippen LogP contribution in [0.1, 0.15) is 34.6 Å². The fraction of sp³-hybridized carbons (Fsp3) is 0.600. The summed E-state index contributed by atoms with van der Waals surface area (Å²) >= 11 is 0. The molecule has 1 rings (SSSR count). The maximum absolute atomic E-state index is 12.2. The molecule has 1 aliphatic heterocycles. The molecule has 184 valence electrons. The summed E-state index contributed by atoms with van der Waals surface area (Å²) in [7, 11) is 1.08. The third-order valence-electron chi connectivity index (χ3n) is 4.11. The van der Waals surface area contributed by atoms with Gasteiger partial charge >= 0.3 is 29.8 Å². The molecular weight excluding hydrogens is 446 g/mol. The lowest BCUT2D eigenvalue weighted by Gasteiger charge is -2.41. The van der Waals surface area contributed by atoms with Crippen LogP contribution in [0.2, 0.25) is 0 Å². The fourth-order valence-corrected chi connectivity index (χ4v) is 3.04. The highest BCUT2D eigenvalue weighted by molar-refractivity contribution is 5.86. The molecule has 1 amide bonds. The standard InChI is InChI=1S/C20H27NO12/c1-9(22)21-17-14(30-11(3)24)7-15(20(27)28-6)33-19(17)18(32-13(5)26)16(31-12(4)25)8-29-10(2)23/h7,14,16-19H,8H2,1-6H3,(H,21,22)/t14-,16+,17+,18+,19?/m0/s1. The normalized spacial score (nSPS) is 21.2. The molecule has 0 radical (unpaired) electrons. The van der Waals surface area contributed by atoms with Crippen LogP contribution in [0.5, 0.6) is 0 Å². The van der Waals surface area contributed by atoms with E-state index in [4.69, 9.17) is 23.7 Å². The Labute approximate surface area is 189 Å². The molecule has 0 fully saturated rings. The summed E-state index contributed by atoms with van der Waals surface area (Å²) in [6.45, 7) is 4.96. The number of nitrogens with one attached hydrogen (secondary N) is 1. The molecule has 0 saturated heterocycles. The SMILES string of the molecule is COC(=O)C1=C[C@H](OC(C)=O)[C@@H](NC(C)=O)C([C@H](OC(C)=O)[C@@H](COC(C)=O)OC(C)=O)O1. The van der Waals surface area contributed by atoms with E-state index in [2.05, 4.69) is 10.1 Å². The minimum atomic E-state index is -1.52. The first-order valence-corrected chi connectivity index (χ1v) is 9.74.